The van der Waals surface area contributed by atoms with E-state index >= 15 is 0 Å². The summed E-state index contributed by atoms with van der Waals surface area (Å²) in [5.41, 5.74) is 0.0124. The number of likely N-dealkylation sites (N-methyl/N-ethyl adjacent to an activating group) is 1. The van der Waals surface area contributed by atoms with Crippen molar-refractivity contribution in [2.75, 3.05) is 75.7 Å². The summed E-state index contributed by atoms with van der Waals surface area (Å²) in [7, 11) is 0. The minimum absolute atomic E-state index is 0.214. The maximum absolute atomic E-state index is 12.2. The number of hydrogen-bond acceptors (Lipinski definition) is 8. The van der Waals surface area contributed by atoms with Crippen molar-refractivity contribution >= 4 is 17.3 Å². The predicted molar refractivity (Wildman–Crippen MR) is 115 cm³/mol. The smallest absolute Gasteiger partial charge is 0.310 e. The zero-order valence-corrected chi connectivity index (χ0v) is 17.7. The molecule has 0 aromatic heterocycles. The van der Waals surface area contributed by atoms with Crippen molar-refractivity contribution in [1.29, 1.82) is 0 Å². The minimum atomic E-state index is -0.437. The van der Waals surface area contributed by atoms with E-state index in [1.807, 2.05) is 4.90 Å². The highest BCUT2D eigenvalue weighted by Crippen LogP contribution is 2.27. The van der Waals surface area contributed by atoms with Crippen LogP contribution >= 0.6 is 0 Å². The zero-order valence-electron chi connectivity index (χ0n) is 17.7. The van der Waals surface area contributed by atoms with Gasteiger partial charge >= 0.3 is 5.97 Å². The first kappa shape index (κ1) is 21.8. The Labute approximate surface area is 172 Å². The highest BCUT2D eigenvalue weighted by Gasteiger charge is 2.32. The molecule has 2 saturated heterocycles. The molecule has 0 amide bonds. The van der Waals surface area contributed by atoms with Crippen LogP contribution in [0, 0.1) is 5.92 Å². The second-order valence-electron chi connectivity index (χ2n) is 7.98. The standard InChI is InChI=1S/C21H34N4O4/c1-3-23-11-13-24(14-12-23)9-6-8-22-17-18(20(27)19(17)26)25-10-5-7-16(15-25)21(28)29-4-2/h16,22H,3-15H2,1-2H3/t16-/m0/s1. The van der Waals surface area contributed by atoms with Gasteiger partial charge < -0.3 is 24.8 Å². The number of anilines is 2. The first-order valence-corrected chi connectivity index (χ1v) is 11.0. The Kier molecular flexibility index (Phi) is 7.66. The van der Waals surface area contributed by atoms with Crippen molar-refractivity contribution in [3.8, 4) is 0 Å². The average Bonchev–Trinajstić information content (AvgIpc) is 2.76. The third kappa shape index (κ3) is 5.17. The van der Waals surface area contributed by atoms with Crippen LogP contribution in [0.4, 0.5) is 11.4 Å². The fourth-order valence-electron chi connectivity index (χ4n) is 4.32. The van der Waals surface area contributed by atoms with Gasteiger partial charge in [0.15, 0.2) is 0 Å². The monoisotopic (exact) mass is 406 g/mol. The Morgan fingerprint density at radius 1 is 1.07 bits per heavy atom. The van der Waals surface area contributed by atoms with Crippen LogP contribution in [-0.4, -0.2) is 81.3 Å². The molecule has 0 saturated carbocycles. The topological polar surface area (TPSA) is 82.2 Å². The molecule has 0 bridgehead atoms. The molecular formula is C21H34N4O4. The van der Waals surface area contributed by atoms with E-state index in [2.05, 4.69) is 22.0 Å². The van der Waals surface area contributed by atoms with E-state index in [-0.39, 0.29) is 11.9 Å². The maximum Gasteiger partial charge on any atom is 0.310 e. The quantitative estimate of drug-likeness (QED) is 0.361. The largest absolute Gasteiger partial charge is 0.466 e. The van der Waals surface area contributed by atoms with Gasteiger partial charge in [-0.3, -0.25) is 14.4 Å². The van der Waals surface area contributed by atoms with Crippen LogP contribution in [0.3, 0.4) is 0 Å². The zero-order chi connectivity index (χ0) is 20.8. The van der Waals surface area contributed by atoms with Gasteiger partial charge in [0.05, 0.1) is 12.5 Å². The number of piperidine rings is 1. The molecule has 1 aromatic carbocycles. The molecule has 0 spiro atoms. The van der Waals surface area contributed by atoms with E-state index in [1.54, 1.807) is 6.92 Å². The van der Waals surface area contributed by atoms with Gasteiger partial charge in [0, 0.05) is 45.8 Å². The first-order chi connectivity index (χ1) is 14.0. The van der Waals surface area contributed by atoms with Gasteiger partial charge in [-0.25, -0.2) is 0 Å². The third-order valence-corrected chi connectivity index (χ3v) is 6.11. The number of carbonyl (C=O) groups is 1. The molecular weight excluding hydrogens is 372 g/mol. The molecule has 2 aliphatic rings. The number of hydrogen-bond donors (Lipinski definition) is 1. The van der Waals surface area contributed by atoms with E-state index < -0.39 is 10.9 Å². The lowest BCUT2D eigenvalue weighted by Crippen LogP contribution is -2.48. The molecule has 8 heteroatoms. The second-order valence-corrected chi connectivity index (χ2v) is 7.98. The molecule has 162 valence electrons. The van der Waals surface area contributed by atoms with Crippen LogP contribution in [0.5, 0.6) is 0 Å². The van der Waals surface area contributed by atoms with Crippen LogP contribution in [0.25, 0.3) is 0 Å². The van der Waals surface area contributed by atoms with Gasteiger partial charge in [0.25, 0.3) is 10.9 Å². The molecule has 2 heterocycles. The average molecular weight is 407 g/mol. The Morgan fingerprint density at radius 2 is 1.79 bits per heavy atom. The molecule has 0 unspecified atom stereocenters. The highest BCUT2D eigenvalue weighted by molar-refractivity contribution is 5.78. The molecule has 29 heavy (non-hydrogen) atoms. The first-order valence-electron chi connectivity index (χ1n) is 11.0. The predicted octanol–water partition coefficient (Wildman–Crippen LogP) is 0.502. The minimum Gasteiger partial charge on any atom is -0.466 e. The lowest BCUT2D eigenvalue weighted by Gasteiger charge is -2.35. The number of nitrogens with one attached hydrogen (secondary N) is 1. The molecule has 2 fully saturated rings. The SMILES string of the molecule is CCOC(=O)[C@H]1CCCN(c2c(NCCCN3CCN(CC)CC3)c(=O)c2=O)C1. The summed E-state index contributed by atoms with van der Waals surface area (Å²) >= 11 is 0. The number of nitrogens with zero attached hydrogens (tertiary/aromatic N) is 3. The fourth-order valence-corrected chi connectivity index (χ4v) is 4.32. The van der Waals surface area contributed by atoms with Crippen LogP contribution < -0.4 is 21.1 Å². The molecule has 1 aromatic rings. The summed E-state index contributed by atoms with van der Waals surface area (Å²) in [5.74, 6) is -0.448. The van der Waals surface area contributed by atoms with Crippen molar-refractivity contribution < 1.29 is 9.53 Å². The fraction of sp³-hybridized carbons (Fsp3) is 0.762. The molecule has 1 N–H and O–H groups in total. The van der Waals surface area contributed by atoms with Gasteiger partial charge in [0.1, 0.15) is 11.4 Å². The van der Waals surface area contributed by atoms with Crippen LogP contribution in [0.1, 0.15) is 33.1 Å². The van der Waals surface area contributed by atoms with E-state index in [9.17, 15) is 14.4 Å². The summed E-state index contributed by atoms with van der Waals surface area (Å²) in [6.07, 6.45) is 2.50. The second kappa shape index (κ2) is 10.2. The van der Waals surface area contributed by atoms with Gasteiger partial charge in [-0.05, 0) is 39.3 Å². The molecule has 8 nitrogen and oxygen atoms in total. The lowest BCUT2D eigenvalue weighted by atomic mass is 9.96. The Morgan fingerprint density at radius 3 is 2.48 bits per heavy atom. The van der Waals surface area contributed by atoms with Crippen molar-refractivity contribution in [2.24, 2.45) is 5.92 Å². The number of rotatable bonds is 9. The molecule has 0 aliphatic carbocycles. The summed E-state index contributed by atoms with van der Waals surface area (Å²) in [5, 5.41) is 3.19. The maximum atomic E-state index is 12.2. The normalized spacial score (nSPS) is 21.4. The summed E-state index contributed by atoms with van der Waals surface area (Å²) < 4.78 is 5.13. The number of carbonyl (C=O) groups excluding carboxylic acids is 1. The van der Waals surface area contributed by atoms with E-state index in [0.717, 1.165) is 58.5 Å². The molecule has 0 radical (unpaired) electrons. The molecule has 2 aliphatic heterocycles. The number of ether oxygens (including phenoxy) is 1. The number of piperazine rings is 1. The third-order valence-electron chi connectivity index (χ3n) is 6.11. The van der Waals surface area contributed by atoms with Crippen molar-refractivity contribution in [3.05, 3.63) is 20.4 Å². The van der Waals surface area contributed by atoms with Crippen molar-refractivity contribution in [3.63, 3.8) is 0 Å². The Hall–Kier alpha value is -1.93. The molecule has 1 atom stereocenters. The van der Waals surface area contributed by atoms with Gasteiger partial charge in [-0.15, -0.1) is 0 Å². The van der Waals surface area contributed by atoms with Crippen LogP contribution in [0.2, 0.25) is 0 Å². The van der Waals surface area contributed by atoms with E-state index in [0.29, 0.717) is 37.6 Å². The lowest BCUT2D eigenvalue weighted by molar-refractivity contribution is -0.148. The Balaban J connectivity index is 1.49. The summed E-state index contributed by atoms with van der Waals surface area (Å²) in [6.45, 7) is 12.6. The van der Waals surface area contributed by atoms with E-state index in [4.69, 9.17) is 4.74 Å². The summed E-state index contributed by atoms with van der Waals surface area (Å²) in [6, 6.07) is 0. The van der Waals surface area contributed by atoms with Gasteiger partial charge in [0.2, 0.25) is 0 Å². The van der Waals surface area contributed by atoms with E-state index in [1.165, 1.54) is 0 Å². The van der Waals surface area contributed by atoms with Crippen LogP contribution in [0.15, 0.2) is 9.59 Å². The van der Waals surface area contributed by atoms with Crippen LogP contribution in [-0.2, 0) is 9.53 Å². The van der Waals surface area contributed by atoms with Crippen molar-refractivity contribution in [1.82, 2.24) is 9.80 Å². The summed E-state index contributed by atoms with van der Waals surface area (Å²) in [4.78, 5) is 43.1. The number of esters is 1. The molecule has 3 rings (SSSR count). The Bertz CT molecular complexity index is 750. The van der Waals surface area contributed by atoms with Gasteiger partial charge in [-0.2, -0.15) is 0 Å². The highest BCUT2D eigenvalue weighted by atomic mass is 16.5. The van der Waals surface area contributed by atoms with Gasteiger partial charge in [-0.1, -0.05) is 6.92 Å². The van der Waals surface area contributed by atoms with Crippen molar-refractivity contribution in [2.45, 2.75) is 33.1 Å².